The molecule has 11 N–H and O–H groups in total. The van der Waals surface area contributed by atoms with E-state index < -0.39 is 82.6 Å². The number of aliphatic carboxylic acids is 2. The number of hydrogen-bond acceptors (Lipinski definition) is 20. The number of carbonyl (C=O) groups excluding carboxylic acids is 10. The molecule has 548 valence electrons. The average molecular weight is 1350 g/mol. The van der Waals surface area contributed by atoms with Crippen LogP contribution >= 0.6 is 0 Å². The Kier molecular flexibility index (Phi) is 57.4. The summed E-state index contributed by atoms with van der Waals surface area (Å²) < 4.78 is 29.6. The summed E-state index contributed by atoms with van der Waals surface area (Å²) in [7, 11) is 2.63. The average Bonchev–Trinajstić information content (AvgIpc) is 1.29. The zero-order valence-corrected chi connectivity index (χ0v) is 62.0. The van der Waals surface area contributed by atoms with Gasteiger partial charge in [0.25, 0.3) is 5.97 Å². The van der Waals surface area contributed by atoms with Crippen LogP contribution in [0.1, 0.15) is 221 Å². The zero-order valence-electron chi connectivity index (χ0n) is 62.0. The molecule has 0 aliphatic carbocycles. The molecule has 0 saturated carbocycles. The van der Waals surface area contributed by atoms with Gasteiger partial charge in [0.2, 0.25) is 5.91 Å². The van der Waals surface area contributed by atoms with Gasteiger partial charge in [-0.2, -0.15) is 0 Å². The number of rotatable bonds is 33. The van der Waals surface area contributed by atoms with Crippen molar-refractivity contribution < 1.29 is 96.2 Å². The Hall–Kier alpha value is -6.51. The van der Waals surface area contributed by atoms with Gasteiger partial charge in [0.05, 0.1) is 26.1 Å². The highest BCUT2D eigenvalue weighted by Gasteiger charge is 2.25. The Morgan fingerprint density at radius 2 is 0.670 bits per heavy atom. The predicted molar refractivity (Wildman–Crippen MR) is 368 cm³/mol. The van der Waals surface area contributed by atoms with Crippen LogP contribution in [0.15, 0.2) is 0 Å². The molecular weight excluding hydrogens is 1220 g/mol. The standard InChI is InChI=1S/C18H35BN2O4.C15H27NO5.C14H25NO5.C12H24N2O4.C4H12BN.C2H4O2/c1-13(22)12-15(16(23)21-14(2)19(6)7)10-8-9-11-20-17(24)25-18(3,4)5;1-11(17)10-12(13(18)20-5)8-6-7-9-16-14(19)21-15(2,3)4;1-10(16)9-11(12(17)18)7-5-6-8-15-13(19)20-14(2,3)4;1-12(2,3)18-11(16)14-8-6-5-7-9(13)10(15)17-4;1-4(6)5(2)3;1-2(3)4/h14-15H,8-12H2,1-7H3,(H,20,24)(H,21,23);12H,6-10H2,1-5H3,(H,16,19);11H,5-9H2,1-4H3,(H,15,19)(H,17,18);9H,5-8,13H2,1-4H3,(H,14,16);4H,6H2,1-3H3;1H3,(H,3,4)/t14?,15-;12-;11-;9-;;/m1110../s1. The summed E-state index contributed by atoms with van der Waals surface area (Å²) in [6, 6.07) is -0.587. The van der Waals surface area contributed by atoms with Crippen molar-refractivity contribution in [1.82, 2.24) is 26.6 Å². The number of methoxy groups -OCH3 is 2. The van der Waals surface area contributed by atoms with Crippen molar-refractivity contribution in [3.8, 4) is 0 Å². The molecule has 0 radical (unpaired) electrons. The number of alkyl carbamates (subject to hydrolysis) is 4. The van der Waals surface area contributed by atoms with E-state index in [1.165, 1.54) is 35.0 Å². The number of nitrogens with two attached hydrogens (primary N) is 2. The number of carboxylic acids is 2. The molecule has 27 nitrogen and oxygen atoms in total. The normalized spacial score (nSPS) is 12.7. The minimum atomic E-state index is -0.944. The molecular formula is C65H127B2N7O20. The quantitative estimate of drug-likeness (QED) is 0.0128. The number of hydrogen-bond donors (Lipinski definition) is 9. The Bertz CT molecular complexity index is 2180. The molecule has 0 aliphatic heterocycles. The van der Waals surface area contributed by atoms with Crippen LogP contribution in [0.25, 0.3) is 0 Å². The molecule has 94 heavy (non-hydrogen) atoms. The maximum Gasteiger partial charge on any atom is 0.407 e. The monoisotopic (exact) mass is 1350 g/mol. The molecule has 0 bridgehead atoms. The van der Waals surface area contributed by atoms with Gasteiger partial charge >= 0.3 is 42.3 Å². The van der Waals surface area contributed by atoms with Gasteiger partial charge in [-0.15, -0.1) is 0 Å². The third-order valence-electron chi connectivity index (χ3n) is 12.3. The number of carboxylic acid groups (broad SMARTS) is 2. The minimum Gasteiger partial charge on any atom is -0.481 e. The maximum atomic E-state index is 12.4. The van der Waals surface area contributed by atoms with Gasteiger partial charge < -0.3 is 91.1 Å². The molecule has 29 heteroatoms. The highest BCUT2D eigenvalue weighted by atomic mass is 16.6. The summed E-state index contributed by atoms with van der Waals surface area (Å²) >= 11 is 0. The Labute approximate surface area is 563 Å². The number of amides is 5. The Balaban J connectivity index is -0.000000262. The van der Waals surface area contributed by atoms with E-state index in [9.17, 15) is 52.7 Å². The lowest BCUT2D eigenvalue weighted by Crippen LogP contribution is -2.44. The first-order valence-electron chi connectivity index (χ1n) is 32.6. The molecule has 0 heterocycles. The highest BCUT2D eigenvalue weighted by molar-refractivity contribution is 6.57. The van der Waals surface area contributed by atoms with Gasteiger partial charge in [-0.25, -0.2) is 19.2 Å². The zero-order chi connectivity index (χ0) is 74.8. The third kappa shape index (κ3) is 76.2. The number of nitrogens with one attached hydrogen (secondary N) is 5. The van der Waals surface area contributed by atoms with Crippen LogP contribution in [0.2, 0.25) is 27.3 Å². The highest BCUT2D eigenvalue weighted by Crippen LogP contribution is 2.18. The SMILES string of the molecule is CB(C)C(C)N.CB(C)C(C)NC(=O)[C@H](CCCCNC(=O)OC(C)(C)C)CC(C)=O.CC(=O)C[C@@H](CCCCNC(=O)OC(C)(C)C)C(=O)O.CC(=O)O.COC(=O)[C@@H](N)CCCCNC(=O)OC(C)(C)C.COC(=O)[C@H](CCCCNC(=O)OC(C)(C)C)CC(C)=O. The first-order chi connectivity index (χ1) is 42.8. The van der Waals surface area contributed by atoms with Crippen molar-refractivity contribution in [3.63, 3.8) is 0 Å². The van der Waals surface area contributed by atoms with E-state index in [2.05, 4.69) is 49.7 Å². The van der Waals surface area contributed by atoms with E-state index in [1.54, 1.807) is 41.5 Å². The summed E-state index contributed by atoms with van der Waals surface area (Å²) in [5.41, 5.74) is 8.96. The fraction of sp³-hybridized carbons (Fsp3) is 0.815. The molecule has 0 saturated heterocycles. The fourth-order valence-corrected chi connectivity index (χ4v) is 6.98. The predicted octanol–water partition coefficient (Wildman–Crippen LogP) is 9.79. The van der Waals surface area contributed by atoms with Crippen molar-refractivity contribution in [2.24, 2.45) is 29.2 Å². The van der Waals surface area contributed by atoms with Crippen LogP contribution in [-0.2, 0) is 66.8 Å². The summed E-state index contributed by atoms with van der Waals surface area (Å²) in [6.07, 6.45) is 6.63. The maximum absolute atomic E-state index is 12.4. The molecule has 0 aromatic heterocycles. The molecule has 0 rings (SSSR count). The second kappa shape index (κ2) is 54.7. The molecule has 0 aromatic rings. The third-order valence-corrected chi connectivity index (χ3v) is 12.3. The van der Waals surface area contributed by atoms with Gasteiger partial charge in [0, 0.05) is 64.2 Å². The second-order valence-corrected chi connectivity index (χ2v) is 27.7. The topological polar surface area (TPSA) is 413 Å². The molecule has 0 aliphatic rings. The van der Waals surface area contributed by atoms with Crippen LogP contribution in [-0.4, -0.2) is 176 Å². The van der Waals surface area contributed by atoms with Crippen molar-refractivity contribution in [2.45, 2.75) is 289 Å². The second-order valence-electron chi connectivity index (χ2n) is 27.7. The van der Waals surface area contributed by atoms with E-state index in [0.717, 1.165) is 39.0 Å². The van der Waals surface area contributed by atoms with Crippen molar-refractivity contribution in [2.75, 3.05) is 40.4 Å². The number of unbranched alkanes of at least 4 members (excludes halogenated alkanes) is 4. The van der Waals surface area contributed by atoms with Crippen molar-refractivity contribution in [1.29, 1.82) is 0 Å². The van der Waals surface area contributed by atoms with Gasteiger partial charge in [-0.3, -0.25) is 24.0 Å². The number of Topliss-reactive ketones (excluding diaryl/α,β-unsaturated/α-hetero) is 3. The van der Waals surface area contributed by atoms with E-state index >= 15 is 0 Å². The molecule has 0 fully saturated rings. The van der Waals surface area contributed by atoms with E-state index in [0.29, 0.717) is 90.5 Å². The first-order valence-corrected chi connectivity index (χ1v) is 32.6. The van der Waals surface area contributed by atoms with Crippen molar-refractivity contribution in [3.05, 3.63) is 0 Å². The van der Waals surface area contributed by atoms with Gasteiger partial charge in [0.15, 0.2) is 13.4 Å². The summed E-state index contributed by atoms with van der Waals surface area (Å²) in [6.45, 7) is 42.3. The van der Waals surface area contributed by atoms with Crippen molar-refractivity contribution >= 4 is 84.9 Å². The number of ether oxygens (including phenoxy) is 6. The molecule has 6 atom stereocenters. The van der Waals surface area contributed by atoms with Gasteiger partial charge in [0.1, 0.15) is 45.8 Å². The van der Waals surface area contributed by atoms with Crippen LogP contribution in [0.5, 0.6) is 0 Å². The van der Waals surface area contributed by atoms with Crippen LogP contribution in [0.3, 0.4) is 0 Å². The molecule has 0 aromatic carbocycles. The lowest BCUT2D eigenvalue weighted by Gasteiger charge is -2.21. The summed E-state index contributed by atoms with van der Waals surface area (Å²) in [4.78, 5) is 134. The van der Waals surface area contributed by atoms with Gasteiger partial charge in [-0.05, 0) is 168 Å². The Morgan fingerprint density at radius 1 is 0.415 bits per heavy atom. The largest absolute Gasteiger partial charge is 0.481 e. The number of carbonyl (C=O) groups is 12. The van der Waals surface area contributed by atoms with E-state index in [1.807, 2.05) is 69.0 Å². The van der Waals surface area contributed by atoms with Crippen LogP contribution in [0.4, 0.5) is 19.2 Å². The number of ketones is 3. The Morgan fingerprint density at radius 3 is 0.915 bits per heavy atom. The lowest BCUT2D eigenvalue weighted by molar-refractivity contribution is -0.147. The first kappa shape index (κ1) is 98.6. The lowest BCUT2D eigenvalue weighted by atomic mass is 9.49. The fourth-order valence-electron chi connectivity index (χ4n) is 6.98. The number of esters is 2. The molecule has 5 amide bonds. The summed E-state index contributed by atoms with van der Waals surface area (Å²) in [5.74, 6) is -3.63. The summed E-state index contributed by atoms with van der Waals surface area (Å²) in [5, 5.41) is 30.0. The molecule has 2 unspecified atom stereocenters. The van der Waals surface area contributed by atoms with Crippen LogP contribution in [0, 0.1) is 17.8 Å². The molecule has 0 spiro atoms. The smallest absolute Gasteiger partial charge is 0.407 e. The van der Waals surface area contributed by atoms with E-state index in [4.69, 9.17) is 45.4 Å². The minimum absolute atomic E-state index is 0.0178. The van der Waals surface area contributed by atoms with Crippen LogP contribution < -0.4 is 38.1 Å². The van der Waals surface area contributed by atoms with Gasteiger partial charge in [-0.1, -0.05) is 60.4 Å². The van der Waals surface area contributed by atoms with E-state index in [-0.39, 0.29) is 60.3 Å².